The highest BCUT2D eigenvalue weighted by molar-refractivity contribution is 5.91. The van der Waals surface area contributed by atoms with Crippen LogP contribution in [0.2, 0.25) is 0 Å². The van der Waals surface area contributed by atoms with Crippen molar-refractivity contribution in [3.63, 3.8) is 0 Å². The summed E-state index contributed by atoms with van der Waals surface area (Å²) in [5, 5.41) is 1.20. The van der Waals surface area contributed by atoms with Gasteiger partial charge in [-0.1, -0.05) is 0 Å². The average Bonchev–Trinajstić information content (AvgIpc) is 2.74. The lowest BCUT2D eigenvalue weighted by Gasteiger charge is -2.10. The number of hydrogen-bond acceptors (Lipinski definition) is 3. The van der Waals surface area contributed by atoms with E-state index in [1.54, 1.807) is 14.2 Å². The molecule has 110 valence electrons. The Bertz CT molecular complexity index is 588. The molecule has 0 saturated heterocycles. The fourth-order valence-corrected chi connectivity index (χ4v) is 2.60. The molecule has 0 N–H and O–H groups in total. The van der Waals surface area contributed by atoms with E-state index >= 15 is 0 Å². The molecule has 0 aliphatic carbocycles. The monoisotopic (exact) mass is 276 g/mol. The molecule has 4 heteroatoms. The van der Waals surface area contributed by atoms with Gasteiger partial charge in [-0.25, -0.2) is 0 Å². The third-order valence-corrected chi connectivity index (χ3v) is 3.61. The first-order chi connectivity index (χ1) is 9.56. The van der Waals surface area contributed by atoms with Crippen LogP contribution in [0.15, 0.2) is 18.3 Å². The standard InChI is InChI=1S/C16H24N2O2/c1-17(2)8-6-7-12-11-18(3)14-9-13(19-4)10-15(20-5)16(12)14/h9-11H,6-8H2,1-5H3. The molecule has 0 radical (unpaired) electrons. The molecule has 2 rings (SSSR count). The summed E-state index contributed by atoms with van der Waals surface area (Å²) in [5.74, 6) is 1.72. The van der Waals surface area contributed by atoms with Crippen LogP contribution < -0.4 is 9.47 Å². The highest BCUT2D eigenvalue weighted by atomic mass is 16.5. The van der Waals surface area contributed by atoms with E-state index in [9.17, 15) is 0 Å². The van der Waals surface area contributed by atoms with Gasteiger partial charge < -0.3 is 18.9 Å². The molecule has 2 aromatic rings. The van der Waals surface area contributed by atoms with Crippen molar-refractivity contribution in [3.05, 3.63) is 23.9 Å². The molecule has 0 bridgehead atoms. The first-order valence-electron chi connectivity index (χ1n) is 6.91. The van der Waals surface area contributed by atoms with Gasteiger partial charge in [0.15, 0.2) is 0 Å². The zero-order valence-electron chi connectivity index (χ0n) is 13.1. The minimum Gasteiger partial charge on any atom is -0.497 e. The van der Waals surface area contributed by atoms with E-state index < -0.39 is 0 Å². The molecule has 0 atom stereocenters. The third-order valence-electron chi connectivity index (χ3n) is 3.61. The van der Waals surface area contributed by atoms with Crippen molar-refractivity contribution in [2.75, 3.05) is 34.9 Å². The number of hydrogen-bond donors (Lipinski definition) is 0. The van der Waals surface area contributed by atoms with Crippen LogP contribution in [0.4, 0.5) is 0 Å². The maximum Gasteiger partial charge on any atom is 0.132 e. The predicted octanol–water partition coefficient (Wildman–Crippen LogP) is 2.69. The molecule has 0 fully saturated rings. The first-order valence-corrected chi connectivity index (χ1v) is 6.91. The zero-order chi connectivity index (χ0) is 14.7. The molecule has 0 aliphatic heterocycles. The Morgan fingerprint density at radius 1 is 1.15 bits per heavy atom. The van der Waals surface area contributed by atoms with Crippen LogP contribution in [-0.4, -0.2) is 44.3 Å². The number of fused-ring (bicyclic) bond motifs is 1. The highest BCUT2D eigenvalue weighted by Gasteiger charge is 2.13. The summed E-state index contributed by atoms with van der Waals surface area (Å²) >= 11 is 0. The van der Waals surface area contributed by atoms with Crippen molar-refractivity contribution in [2.45, 2.75) is 12.8 Å². The number of aromatic nitrogens is 1. The molecule has 20 heavy (non-hydrogen) atoms. The van der Waals surface area contributed by atoms with Gasteiger partial charge in [-0.3, -0.25) is 0 Å². The largest absolute Gasteiger partial charge is 0.497 e. The molecule has 1 aromatic heterocycles. The summed E-state index contributed by atoms with van der Waals surface area (Å²) in [6.45, 7) is 1.09. The van der Waals surface area contributed by atoms with Crippen LogP contribution in [0.3, 0.4) is 0 Å². The molecule has 0 saturated carbocycles. The van der Waals surface area contributed by atoms with Crippen LogP contribution in [0.5, 0.6) is 11.5 Å². The van der Waals surface area contributed by atoms with E-state index in [4.69, 9.17) is 9.47 Å². The SMILES string of the molecule is COc1cc(OC)c2c(CCCN(C)C)cn(C)c2c1. The van der Waals surface area contributed by atoms with E-state index in [2.05, 4.69) is 42.9 Å². The van der Waals surface area contributed by atoms with Crippen molar-refractivity contribution >= 4 is 10.9 Å². The number of ether oxygens (including phenoxy) is 2. The van der Waals surface area contributed by atoms with Crippen molar-refractivity contribution in [2.24, 2.45) is 7.05 Å². The average molecular weight is 276 g/mol. The van der Waals surface area contributed by atoms with Crippen molar-refractivity contribution in [1.82, 2.24) is 9.47 Å². The van der Waals surface area contributed by atoms with Crippen molar-refractivity contribution in [1.29, 1.82) is 0 Å². The smallest absolute Gasteiger partial charge is 0.132 e. The van der Waals surface area contributed by atoms with Crippen LogP contribution >= 0.6 is 0 Å². The van der Waals surface area contributed by atoms with Crippen molar-refractivity contribution in [3.8, 4) is 11.5 Å². The van der Waals surface area contributed by atoms with E-state index in [1.807, 2.05) is 6.07 Å². The van der Waals surface area contributed by atoms with E-state index in [0.29, 0.717) is 0 Å². The minimum absolute atomic E-state index is 0.829. The summed E-state index contributed by atoms with van der Waals surface area (Å²) < 4.78 is 13.0. The van der Waals surface area contributed by atoms with Crippen LogP contribution in [0.1, 0.15) is 12.0 Å². The lowest BCUT2D eigenvalue weighted by Crippen LogP contribution is -2.13. The predicted molar refractivity (Wildman–Crippen MR) is 82.9 cm³/mol. The number of aryl methyl sites for hydroxylation is 2. The van der Waals surface area contributed by atoms with E-state index in [0.717, 1.165) is 36.4 Å². The third kappa shape index (κ3) is 2.90. The van der Waals surface area contributed by atoms with Gasteiger partial charge in [0, 0.05) is 30.8 Å². The lowest BCUT2D eigenvalue weighted by molar-refractivity contribution is 0.396. The second kappa shape index (κ2) is 6.18. The van der Waals surface area contributed by atoms with Gasteiger partial charge in [0.25, 0.3) is 0 Å². The fourth-order valence-electron chi connectivity index (χ4n) is 2.60. The molecule has 4 nitrogen and oxygen atoms in total. The Labute approximate surface area is 120 Å². The number of rotatable bonds is 6. The number of benzene rings is 1. The number of methoxy groups -OCH3 is 2. The summed E-state index contributed by atoms with van der Waals surface area (Å²) in [7, 11) is 9.67. The Morgan fingerprint density at radius 2 is 1.90 bits per heavy atom. The zero-order valence-corrected chi connectivity index (χ0v) is 13.1. The summed E-state index contributed by atoms with van der Waals surface area (Å²) in [6.07, 6.45) is 4.39. The van der Waals surface area contributed by atoms with Crippen LogP contribution in [-0.2, 0) is 13.5 Å². The van der Waals surface area contributed by atoms with Gasteiger partial charge in [0.05, 0.1) is 19.7 Å². The summed E-state index contributed by atoms with van der Waals surface area (Å²) in [4.78, 5) is 2.21. The van der Waals surface area contributed by atoms with Crippen LogP contribution in [0, 0.1) is 0 Å². The van der Waals surface area contributed by atoms with Gasteiger partial charge >= 0.3 is 0 Å². The van der Waals surface area contributed by atoms with Gasteiger partial charge in [-0.15, -0.1) is 0 Å². The minimum atomic E-state index is 0.829. The lowest BCUT2D eigenvalue weighted by atomic mass is 10.1. The Kier molecular flexibility index (Phi) is 4.55. The van der Waals surface area contributed by atoms with E-state index in [1.165, 1.54) is 10.9 Å². The first kappa shape index (κ1) is 14.7. The topological polar surface area (TPSA) is 26.6 Å². The second-order valence-corrected chi connectivity index (χ2v) is 5.40. The number of nitrogens with zero attached hydrogens (tertiary/aromatic N) is 2. The molecular weight excluding hydrogens is 252 g/mol. The summed E-state index contributed by atoms with van der Waals surface area (Å²) in [6, 6.07) is 4.02. The normalized spacial score (nSPS) is 11.3. The molecule has 0 spiro atoms. The van der Waals surface area contributed by atoms with Gasteiger partial charge in [-0.05, 0) is 39.0 Å². The highest BCUT2D eigenvalue weighted by Crippen LogP contribution is 2.35. The Hall–Kier alpha value is -1.68. The molecule has 0 amide bonds. The molecular formula is C16H24N2O2. The van der Waals surface area contributed by atoms with Crippen molar-refractivity contribution < 1.29 is 9.47 Å². The van der Waals surface area contributed by atoms with Crippen LogP contribution in [0.25, 0.3) is 10.9 Å². The molecule has 1 heterocycles. The van der Waals surface area contributed by atoms with Gasteiger partial charge in [-0.2, -0.15) is 0 Å². The Morgan fingerprint density at radius 3 is 2.50 bits per heavy atom. The van der Waals surface area contributed by atoms with Gasteiger partial charge in [0.2, 0.25) is 0 Å². The quantitative estimate of drug-likeness (QED) is 0.811. The maximum atomic E-state index is 5.55. The Balaban J connectivity index is 2.40. The molecule has 0 unspecified atom stereocenters. The summed E-state index contributed by atoms with van der Waals surface area (Å²) in [5.41, 5.74) is 2.49. The molecule has 1 aromatic carbocycles. The second-order valence-electron chi connectivity index (χ2n) is 5.40. The van der Waals surface area contributed by atoms with Gasteiger partial charge in [0.1, 0.15) is 11.5 Å². The maximum absolute atomic E-state index is 5.55. The van der Waals surface area contributed by atoms with E-state index in [-0.39, 0.29) is 0 Å². The molecule has 0 aliphatic rings. The fraction of sp³-hybridized carbons (Fsp3) is 0.500.